The summed E-state index contributed by atoms with van der Waals surface area (Å²) in [6, 6.07) is -0.802. The van der Waals surface area contributed by atoms with Crippen molar-refractivity contribution in [2.24, 2.45) is 5.92 Å². The summed E-state index contributed by atoms with van der Waals surface area (Å²) < 4.78 is 0. The molecule has 0 heterocycles. The summed E-state index contributed by atoms with van der Waals surface area (Å²) in [7, 11) is 0. The molecule has 5 heteroatoms. The smallest absolute Gasteiger partial charge is 0.220 e. The Morgan fingerprint density at radius 2 is 0.826 bits per heavy atom. The zero-order valence-electron chi connectivity index (χ0n) is 31.4. The van der Waals surface area contributed by atoms with E-state index in [1.165, 1.54) is 161 Å². The van der Waals surface area contributed by atoms with Gasteiger partial charge in [0.2, 0.25) is 5.91 Å². The fourth-order valence-electron chi connectivity index (χ4n) is 6.64. The molecule has 0 radical (unpaired) electrons. The van der Waals surface area contributed by atoms with Gasteiger partial charge in [-0.3, -0.25) is 4.79 Å². The van der Waals surface area contributed by atoms with Gasteiger partial charge in [-0.05, 0) is 18.8 Å². The number of rotatable bonds is 37. The van der Waals surface area contributed by atoms with E-state index in [2.05, 4.69) is 26.1 Å². The summed E-state index contributed by atoms with van der Waals surface area (Å²) in [5, 5.41) is 33.5. The molecule has 3 atom stereocenters. The maximum atomic E-state index is 12.4. The highest BCUT2D eigenvalue weighted by Gasteiger charge is 2.26. The first-order chi connectivity index (χ1) is 22.4. The van der Waals surface area contributed by atoms with Crippen molar-refractivity contribution in [1.29, 1.82) is 0 Å². The number of amides is 1. The van der Waals surface area contributed by atoms with Crippen LogP contribution in [-0.2, 0) is 4.79 Å². The van der Waals surface area contributed by atoms with Crippen LogP contribution >= 0.6 is 0 Å². The Kier molecular flexibility index (Phi) is 35.1. The van der Waals surface area contributed by atoms with Crippen LogP contribution in [0.1, 0.15) is 226 Å². The van der Waals surface area contributed by atoms with Crippen molar-refractivity contribution < 1.29 is 20.1 Å². The van der Waals surface area contributed by atoms with Gasteiger partial charge in [0.05, 0.1) is 18.8 Å². The van der Waals surface area contributed by atoms with Crippen LogP contribution in [-0.4, -0.2) is 46.1 Å². The minimum absolute atomic E-state index is 0.142. The van der Waals surface area contributed by atoms with Gasteiger partial charge in [0.15, 0.2) is 0 Å². The Morgan fingerprint density at radius 1 is 0.500 bits per heavy atom. The number of carbonyl (C=O) groups excluding carboxylic acids is 1. The van der Waals surface area contributed by atoms with Crippen LogP contribution in [0.5, 0.6) is 0 Å². The summed E-state index contributed by atoms with van der Waals surface area (Å²) in [5.74, 6) is 0.708. The number of nitrogens with one attached hydrogen (secondary N) is 1. The van der Waals surface area contributed by atoms with Crippen molar-refractivity contribution in [3.8, 4) is 0 Å². The first-order valence-corrected chi connectivity index (χ1v) is 20.7. The van der Waals surface area contributed by atoms with E-state index in [1.54, 1.807) is 0 Å². The van der Waals surface area contributed by atoms with Crippen molar-refractivity contribution in [1.82, 2.24) is 5.32 Å². The van der Waals surface area contributed by atoms with Crippen LogP contribution < -0.4 is 5.32 Å². The lowest BCUT2D eigenvalue weighted by atomic mass is 9.99. The van der Waals surface area contributed by atoms with Gasteiger partial charge >= 0.3 is 0 Å². The molecule has 0 spiro atoms. The molecule has 0 aromatic rings. The van der Waals surface area contributed by atoms with E-state index in [0.29, 0.717) is 12.8 Å². The quantitative estimate of drug-likeness (QED) is 0.0502. The van der Waals surface area contributed by atoms with Crippen LogP contribution in [0.3, 0.4) is 0 Å². The summed E-state index contributed by atoms with van der Waals surface area (Å²) in [5.41, 5.74) is 0. The largest absolute Gasteiger partial charge is 0.394 e. The summed E-state index contributed by atoms with van der Waals surface area (Å²) in [6.07, 6.45) is 37.7. The summed E-state index contributed by atoms with van der Waals surface area (Å²) in [4.78, 5) is 12.4. The van der Waals surface area contributed by atoms with Gasteiger partial charge in [0.25, 0.3) is 0 Å². The number of carbonyl (C=O) groups is 1. The van der Waals surface area contributed by atoms with Crippen LogP contribution in [0.2, 0.25) is 0 Å². The molecular formula is C41H83NO4. The highest BCUT2D eigenvalue weighted by atomic mass is 16.3. The van der Waals surface area contributed by atoms with Gasteiger partial charge in [-0.25, -0.2) is 0 Å². The topological polar surface area (TPSA) is 89.8 Å². The molecule has 0 aromatic carbocycles. The lowest BCUT2D eigenvalue weighted by Gasteiger charge is -2.26. The lowest BCUT2D eigenvalue weighted by Crippen LogP contribution is -2.50. The summed E-state index contributed by atoms with van der Waals surface area (Å²) >= 11 is 0. The molecular weight excluding hydrogens is 570 g/mol. The standard InChI is InChI=1S/C41H83NO4/c1-4-5-6-7-8-9-10-11-12-17-20-23-26-29-32-35-40(45)42-38(36-43)41(46)39(44)34-31-28-25-22-19-16-14-13-15-18-21-24-27-30-33-37(2)3/h37-39,41,43-44,46H,4-36H2,1-3H3,(H,42,45)/t38-,39+,41-/m0/s1. The predicted molar refractivity (Wildman–Crippen MR) is 199 cm³/mol. The van der Waals surface area contributed by atoms with Crippen molar-refractivity contribution in [3.63, 3.8) is 0 Å². The van der Waals surface area contributed by atoms with Crippen LogP contribution in [0.4, 0.5) is 0 Å². The zero-order valence-corrected chi connectivity index (χ0v) is 31.4. The normalized spacial score (nSPS) is 13.7. The summed E-state index contributed by atoms with van der Waals surface area (Å²) in [6.45, 7) is 6.54. The molecule has 0 saturated heterocycles. The zero-order chi connectivity index (χ0) is 33.9. The third-order valence-corrected chi connectivity index (χ3v) is 9.89. The van der Waals surface area contributed by atoms with Gasteiger partial charge in [0.1, 0.15) is 6.10 Å². The molecule has 276 valence electrons. The molecule has 0 fully saturated rings. The van der Waals surface area contributed by atoms with E-state index in [9.17, 15) is 20.1 Å². The van der Waals surface area contributed by atoms with E-state index >= 15 is 0 Å². The number of aliphatic hydroxyl groups is 3. The molecule has 0 aliphatic heterocycles. The fraction of sp³-hybridized carbons (Fsp3) is 0.976. The molecule has 0 aromatic heterocycles. The maximum Gasteiger partial charge on any atom is 0.220 e. The number of unbranched alkanes of at least 4 members (excludes halogenated alkanes) is 27. The highest BCUT2D eigenvalue weighted by Crippen LogP contribution is 2.17. The molecule has 0 aliphatic carbocycles. The average molecular weight is 654 g/mol. The number of hydrogen-bond acceptors (Lipinski definition) is 4. The average Bonchev–Trinajstić information content (AvgIpc) is 3.04. The van der Waals surface area contributed by atoms with E-state index < -0.39 is 18.2 Å². The minimum atomic E-state index is -1.13. The second-order valence-corrected chi connectivity index (χ2v) is 15.0. The fourth-order valence-corrected chi connectivity index (χ4v) is 6.64. The minimum Gasteiger partial charge on any atom is -0.394 e. The Hall–Kier alpha value is -0.650. The molecule has 4 N–H and O–H groups in total. The molecule has 1 amide bonds. The molecule has 0 unspecified atom stereocenters. The first kappa shape index (κ1) is 45.3. The van der Waals surface area contributed by atoms with E-state index in [0.717, 1.165) is 38.0 Å². The monoisotopic (exact) mass is 654 g/mol. The molecule has 0 aliphatic rings. The molecule has 5 nitrogen and oxygen atoms in total. The van der Waals surface area contributed by atoms with E-state index in [1.807, 2.05) is 0 Å². The predicted octanol–water partition coefficient (Wildman–Crippen LogP) is 11.3. The third kappa shape index (κ3) is 31.9. The molecule has 0 rings (SSSR count). The third-order valence-electron chi connectivity index (χ3n) is 9.89. The lowest BCUT2D eigenvalue weighted by molar-refractivity contribution is -0.124. The first-order valence-electron chi connectivity index (χ1n) is 20.7. The molecule has 0 saturated carbocycles. The molecule has 0 bridgehead atoms. The van der Waals surface area contributed by atoms with Gasteiger partial charge in [-0.15, -0.1) is 0 Å². The SMILES string of the molecule is CCCCCCCCCCCCCCCCCC(=O)N[C@@H](CO)[C@H](O)[C@H](O)CCCCCCCCCCCCCCCCC(C)C. The molecule has 46 heavy (non-hydrogen) atoms. The Labute approximate surface area is 287 Å². The Bertz CT molecular complexity index is 613. The van der Waals surface area contributed by atoms with E-state index in [-0.39, 0.29) is 12.5 Å². The van der Waals surface area contributed by atoms with Gasteiger partial charge < -0.3 is 20.6 Å². The van der Waals surface area contributed by atoms with Crippen LogP contribution in [0, 0.1) is 5.92 Å². The van der Waals surface area contributed by atoms with Crippen molar-refractivity contribution in [2.75, 3.05) is 6.61 Å². The van der Waals surface area contributed by atoms with Crippen LogP contribution in [0.15, 0.2) is 0 Å². The second kappa shape index (κ2) is 35.7. The van der Waals surface area contributed by atoms with E-state index in [4.69, 9.17) is 0 Å². The second-order valence-electron chi connectivity index (χ2n) is 15.0. The number of hydrogen-bond donors (Lipinski definition) is 4. The van der Waals surface area contributed by atoms with Gasteiger partial charge in [-0.1, -0.05) is 207 Å². The van der Waals surface area contributed by atoms with Gasteiger partial charge in [-0.2, -0.15) is 0 Å². The highest BCUT2D eigenvalue weighted by molar-refractivity contribution is 5.76. The van der Waals surface area contributed by atoms with Crippen LogP contribution in [0.25, 0.3) is 0 Å². The van der Waals surface area contributed by atoms with Crippen molar-refractivity contribution in [2.45, 2.75) is 244 Å². The Morgan fingerprint density at radius 3 is 1.17 bits per heavy atom. The van der Waals surface area contributed by atoms with Crippen molar-refractivity contribution >= 4 is 5.91 Å². The maximum absolute atomic E-state index is 12.4. The van der Waals surface area contributed by atoms with Gasteiger partial charge in [0, 0.05) is 6.42 Å². The number of aliphatic hydroxyl groups excluding tert-OH is 3. The Balaban J connectivity index is 3.62. The van der Waals surface area contributed by atoms with Crippen molar-refractivity contribution in [3.05, 3.63) is 0 Å².